The number of carbonyl (C=O) groups excluding carboxylic acids is 6. The van der Waals surface area contributed by atoms with Gasteiger partial charge in [0.2, 0.25) is 24.9 Å². The molecule has 3 atom stereocenters. The number of carboxylic acid groups (broad SMARTS) is 1. The van der Waals surface area contributed by atoms with E-state index in [2.05, 4.69) is 36.5 Å². The number of halogens is 1. The third-order valence-electron chi connectivity index (χ3n) is 3.32. The smallest absolute Gasteiger partial charge is 0.356 e. The predicted molar refractivity (Wildman–Crippen MR) is 114 cm³/mol. The van der Waals surface area contributed by atoms with Crippen LogP contribution in [0.5, 0.6) is 0 Å². The fourth-order valence-corrected chi connectivity index (χ4v) is 1.87. The van der Waals surface area contributed by atoms with Crippen LogP contribution in [0.25, 0.3) is 0 Å². The van der Waals surface area contributed by atoms with Gasteiger partial charge >= 0.3 is 5.97 Å². The average Bonchev–Trinajstić information content (AvgIpc) is 2.77. The summed E-state index contributed by atoms with van der Waals surface area (Å²) in [5, 5.41) is 15.1. The summed E-state index contributed by atoms with van der Waals surface area (Å²) in [5.41, 5.74) is 0.240. The number of hydrogen-bond donors (Lipinski definition) is 4. The minimum Gasteiger partial charge on any atom is -0.476 e. The topological polar surface area (TPSA) is 202 Å². The molecule has 1 heterocycles. The highest BCUT2D eigenvalue weighted by molar-refractivity contribution is 9.09. The van der Waals surface area contributed by atoms with E-state index in [0.717, 1.165) is 6.20 Å². The molecule has 0 aliphatic rings. The molecule has 176 valence electrons. The fraction of sp³-hybridized carbons (Fsp3) is 0.389. The number of alkyl halides is 1. The van der Waals surface area contributed by atoms with Crippen molar-refractivity contribution in [3.8, 4) is 0 Å². The molecule has 0 saturated heterocycles. The molecule has 4 N–H and O–H groups in total. The van der Waals surface area contributed by atoms with Crippen LogP contribution in [0.15, 0.2) is 12.4 Å². The van der Waals surface area contributed by atoms with Crippen LogP contribution in [0.4, 0.5) is 0 Å². The molecule has 0 fully saturated rings. The molecule has 0 aliphatic carbocycles. The van der Waals surface area contributed by atoms with Crippen LogP contribution in [0.3, 0.4) is 0 Å². The maximum atomic E-state index is 10.7. The Morgan fingerprint density at radius 3 is 1.91 bits per heavy atom. The van der Waals surface area contributed by atoms with Crippen molar-refractivity contribution < 1.29 is 42.8 Å². The quantitative estimate of drug-likeness (QED) is 0.177. The Morgan fingerprint density at radius 1 is 1.00 bits per heavy atom. The first-order chi connectivity index (χ1) is 16.2. The maximum Gasteiger partial charge on any atom is 0.356 e. The third kappa shape index (κ3) is 13.6. The SMILES string of the molecule is [2H]C(=O)NC(C)C(=O)C=O.[2H]C(=O)NC(C)C(=O)CBr.[2H]C(=O)NC(C)c1cnc(C(=O)O)cn1. The molecule has 32 heavy (non-hydrogen) atoms. The van der Waals surface area contributed by atoms with Crippen LogP contribution in [0.2, 0.25) is 0 Å². The molecule has 0 saturated carbocycles. The second-order valence-corrected chi connectivity index (χ2v) is 6.22. The second kappa shape index (κ2) is 18.2. The summed E-state index contributed by atoms with van der Waals surface area (Å²) in [6.07, 6.45) is -0.453. The maximum absolute atomic E-state index is 10.7. The first-order valence-corrected chi connectivity index (χ1v) is 9.72. The standard InChI is InChI=1S/C8H9N3O3.C5H8BrNO2.C5H7NO3/c1-5(11-4-12)6-2-10-7(3-9-6)8(13)14;1-4(7-3-8)5(9)2-6;1-4(6-3-8)5(9)2-7/h2-5H,1H3,(H,11,12)(H,13,14);3-4H,2H2,1H3,(H,7,8);2-4H,1H3,(H,6,8)/i4D;2*3D. The molecule has 14 heteroatoms. The zero-order valence-electron chi connectivity index (χ0n) is 20.2. The number of nitrogens with zero attached hydrogens (tertiary/aromatic N) is 2. The number of rotatable bonds is 9. The summed E-state index contributed by atoms with van der Waals surface area (Å²) in [4.78, 5) is 79.2. The van der Waals surface area contributed by atoms with Crippen molar-refractivity contribution in [1.82, 2.24) is 25.9 Å². The summed E-state index contributed by atoms with van der Waals surface area (Å²) < 4.78 is 19.5. The van der Waals surface area contributed by atoms with E-state index in [9.17, 15) is 33.6 Å². The molecule has 1 rings (SSSR count). The van der Waals surface area contributed by atoms with E-state index in [-0.39, 0.29) is 23.1 Å². The van der Waals surface area contributed by atoms with Crippen molar-refractivity contribution >= 4 is 58.9 Å². The van der Waals surface area contributed by atoms with Gasteiger partial charge in [0.25, 0.3) is 0 Å². The van der Waals surface area contributed by atoms with Crippen LogP contribution in [-0.2, 0) is 28.8 Å². The first kappa shape index (κ1) is 24.7. The van der Waals surface area contributed by atoms with Gasteiger partial charge in [0.1, 0.15) is 4.11 Å². The summed E-state index contributed by atoms with van der Waals surface area (Å²) in [6, 6.07) is -1.92. The van der Waals surface area contributed by atoms with E-state index in [1.165, 1.54) is 20.0 Å². The largest absolute Gasteiger partial charge is 0.476 e. The zero-order chi connectivity index (χ0) is 27.7. The van der Waals surface area contributed by atoms with Crippen molar-refractivity contribution in [3.63, 3.8) is 0 Å². The van der Waals surface area contributed by atoms with Crippen molar-refractivity contribution in [2.24, 2.45) is 0 Å². The Labute approximate surface area is 196 Å². The molecular weight excluding hydrogens is 494 g/mol. The van der Waals surface area contributed by atoms with E-state index < -0.39 is 49.0 Å². The molecule has 0 radical (unpaired) electrons. The molecule has 1 aromatic rings. The normalized spacial score (nSPS) is 13.2. The van der Waals surface area contributed by atoms with Crippen LogP contribution in [0.1, 0.15) is 47.1 Å². The highest BCUT2D eigenvalue weighted by atomic mass is 79.9. The van der Waals surface area contributed by atoms with Gasteiger partial charge < -0.3 is 21.1 Å². The fourth-order valence-electron chi connectivity index (χ4n) is 1.38. The Morgan fingerprint density at radius 2 is 1.53 bits per heavy atom. The van der Waals surface area contributed by atoms with E-state index in [1.54, 1.807) is 6.92 Å². The predicted octanol–water partition coefficient (Wildman–Crippen LogP) is -1.04. The number of aromatic carboxylic acids is 1. The summed E-state index contributed by atoms with van der Waals surface area (Å²) in [5.74, 6) is -2.03. The zero-order valence-corrected chi connectivity index (χ0v) is 18.8. The minimum atomic E-state index is -1.16. The lowest BCUT2D eigenvalue weighted by Gasteiger charge is -2.08. The van der Waals surface area contributed by atoms with E-state index in [4.69, 9.17) is 9.22 Å². The van der Waals surface area contributed by atoms with Gasteiger partial charge in [0.05, 0.1) is 41.5 Å². The van der Waals surface area contributed by atoms with Gasteiger partial charge in [0, 0.05) is 0 Å². The van der Waals surface area contributed by atoms with Gasteiger partial charge in [0.15, 0.2) is 17.8 Å². The van der Waals surface area contributed by atoms with E-state index in [1.807, 2.05) is 5.32 Å². The van der Waals surface area contributed by atoms with Crippen molar-refractivity contribution in [2.75, 3.05) is 5.33 Å². The number of Topliss-reactive ketones (excluding diaryl/α,β-unsaturated/α-hetero) is 2. The molecule has 3 amide bonds. The Hall–Kier alpha value is -3.55. The van der Waals surface area contributed by atoms with Crippen LogP contribution >= 0.6 is 15.9 Å². The lowest BCUT2D eigenvalue weighted by Crippen LogP contribution is -2.33. The Kier molecular flexibility index (Phi) is 14.1. The van der Waals surface area contributed by atoms with Crippen molar-refractivity contribution in [1.29, 1.82) is 0 Å². The van der Waals surface area contributed by atoms with E-state index >= 15 is 0 Å². The van der Waals surface area contributed by atoms with E-state index in [0.29, 0.717) is 5.69 Å². The number of nitrogens with one attached hydrogen (secondary N) is 3. The summed E-state index contributed by atoms with van der Waals surface area (Å²) in [7, 11) is 0. The number of aromatic nitrogens is 2. The second-order valence-electron chi connectivity index (χ2n) is 5.66. The van der Waals surface area contributed by atoms with Gasteiger partial charge in [-0.2, -0.15) is 0 Å². The first-order valence-electron chi connectivity index (χ1n) is 10.1. The molecule has 0 bridgehead atoms. The molecular formula is C18H24BrN5O8. The van der Waals surface area contributed by atoms with Crippen molar-refractivity contribution in [2.45, 2.75) is 38.9 Å². The monoisotopic (exact) mass is 520 g/mol. The molecule has 0 spiro atoms. The van der Waals surface area contributed by atoms with Gasteiger partial charge in [-0.25, -0.2) is 9.78 Å². The highest BCUT2D eigenvalue weighted by Gasteiger charge is 2.09. The lowest BCUT2D eigenvalue weighted by molar-refractivity contribution is -0.131. The van der Waals surface area contributed by atoms with Crippen LogP contribution in [0, 0.1) is 0 Å². The highest BCUT2D eigenvalue weighted by Crippen LogP contribution is 2.06. The van der Waals surface area contributed by atoms with Gasteiger partial charge in [-0.1, -0.05) is 15.9 Å². The Bertz CT molecular complexity index is 920. The molecule has 13 nitrogen and oxygen atoms in total. The van der Waals surface area contributed by atoms with Crippen LogP contribution in [-0.4, -0.2) is 75.5 Å². The minimum absolute atomic E-state index is 0.112. The van der Waals surface area contributed by atoms with Gasteiger partial charge in [-0.15, -0.1) is 0 Å². The molecule has 1 aromatic heterocycles. The van der Waals surface area contributed by atoms with Gasteiger partial charge in [-0.3, -0.25) is 33.8 Å². The summed E-state index contributed by atoms with van der Waals surface area (Å²) >= 11 is 2.94. The van der Waals surface area contributed by atoms with Gasteiger partial charge in [-0.05, 0) is 20.8 Å². The average molecular weight is 521 g/mol. The number of aldehydes is 1. The third-order valence-corrected chi connectivity index (χ3v) is 3.87. The lowest BCUT2D eigenvalue weighted by atomic mass is 10.2. The van der Waals surface area contributed by atoms with Crippen molar-refractivity contribution in [3.05, 3.63) is 23.8 Å². The molecule has 3 unspecified atom stereocenters. The van der Waals surface area contributed by atoms with Crippen LogP contribution < -0.4 is 16.0 Å². The number of carboxylic acids is 1. The number of hydrogen-bond acceptors (Lipinski definition) is 9. The number of carbonyl (C=O) groups is 7. The molecule has 0 aromatic carbocycles. The molecule has 0 aliphatic heterocycles. The number of amides is 3. The Balaban J connectivity index is 0. The number of ketones is 2. The summed E-state index contributed by atoms with van der Waals surface area (Å²) in [6.45, 7) is 4.50.